The molecule has 0 saturated heterocycles. The Hall–Kier alpha value is -2.43. The Morgan fingerprint density at radius 3 is 2.74 bits per heavy atom. The lowest BCUT2D eigenvalue weighted by molar-refractivity contribution is -0.717. The molecule has 39 heavy (non-hydrogen) atoms. The first kappa shape index (κ1) is 25.5. The fourth-order valence-electron chi connectivity index (χ4n) is 8.34. The lowest BCUT2D eigenvalue weighted by Crippen LogP contribution is -2.98. The molecule has 4 nitrogen and oxygen atoms in total. The zero-order valence-electron chi connectivity index (χ0n) is 23.4. The largest absolute Gasteiger partial charge is 0.490 e. The van der Waals surface area contributed by atoms with E-state index >= 15 is 0 Å². The number of ether oxygens (including phenoxy) is 1. The van der Waals surface area contributed by atoms with Crippen molar-refractivity contribution in [3.63, 3.8) is 0 Å². The van der Waals surface area contributed by atoms with Crippen LogP contribution in [-0.4, -0.2) is 24.7 Å². The Kier molecular flexibility index (Phi) is 7.34. The Morgan fingerprint density at radius 1 is 0.949 bits per heavy atom. The maximum absolute atomic E-state index is 6.73. The second kappa shape index (κ2) is 11.2. The zero-order chi connectivity index (χ0) is 26.2. The maximum Gasteiger partial charge on any atom is 0.187 e. The van der Waals surface area contributed by atoms with Gasteiger partial charge in [0.2, 0.25) is 0 Å². The summed E-state index contributed by atoms with van der Waals surface area (Å²) in [6.07, 6.45) is 37.7. The van der Waals surface area contributed by atoms with Crippen molar-refractivity contribution in [3.05, 3.63) is 82.2 Å². The van der Waals surface area contributed by atoms with Gasteiger partial charge in [-0.15, -0.1) is 0 Å². The van der Waals surface area contributed by atoms with Gasteiger partial charge in [0.15, 0.2) is 12.3 Å². The van der Waals surface area contributed by atoms with E-state index in [1.807, 2.05) is 0 Å². The number of quaternary nitrogens is 1. The van der Waals surface area contributed by atoms with E-state index in [4.69, 9.17) is 15.5 Å². The van der Waals surface area contributed by atoms with E-state index in [1.165, 1.54) is 87.5 Å². The summed E-state index contributed by atoms with van der Waals surface area (Å²) in [7, 11) is 0. The van der Waals surface area contributed by atoms with E-state index < -0.39 is 0 Å². The second-order valence-corrected chi connectivity index (χ2v) is 12.8. The molecule has 0 fully saturated rings. The molecule has 0 aromatic rings. The number of nitrogens with two attached hydrogens (primary N) is 2. The maximum atomic E-state index is 6.73. The van der Waals surface area contributed by atoms with Crippen LogP contribution in [0.2, 0.25) is 0 Å². The highest BCUT2D eigenvalue weighted by molar-refractivity contribution is 5.83. The Bertz CT molecular complexity index is 1210. The van der Waals surface area contributed by atoms with Gasteiger partial charge in [-0.25, -0.2) is 4.99 Å². The van der Waals surface area contributed by atoms with E-state index in [0.717, 1.165) is 12.8 Å². The summed E-state index contributed by atoms with van der Waals surface area (Å²) in [5, 5.41) is 2.34. The van der Waals surface area contributed by atoms with Crippen LogP contribution in [0.15, 0.2) is 87.2 Å². The molecule has 7 unspecified atom stereocenters. The lowest BCUT2D eigenvalue weighted by atomic mass is 9.64. The van der Waals surface area contributed by atoms with Gasteiger partial charge in [0, 0.05) is 24.5 Å². The minimum Gasteiger partial charge on any atom is -0.490 e. The van der Waals surface area contributed by atoms with E-state index in [2.05, 4.69) is 60.1 Å². The minimum atomic E-state index is 0.0200. The molecule has 206 valence electrons. The fourth-order valence-corrected chi connectivity index (χ4v) is 8.34. The molecule has 0 aromatic heterocycles. The first-order valence-electron chi connectivity index (χ1n) is 15.9. The van der Waals surface area contributed by atoms with Crippen LogP contribution in [-0.2, 0) is 4.74 Å². The van der Waals surface area contributed by atoms with E-state index in [9.17, 15) is 0 Å². The van der Waals surface area contributed by atoms with Gasteiger partial charge in [-0.2, -0.15) is 0 Å². The van der Waals surface area contributed by atoms with Crippen LogP contribution in [0.4, 0.5) is 0 Å². The number of fused-ring (bicyclic) bond motifs is 5. The van der Waals surface area contributed by atoms with Gasteiger partial charge in [0.25, 0.3) is 0 Å². The third kappa shape index (κ3) is 5.11. The number of hydrogen-bond donors (Lipinski definition) is 2. The highest BCUT2D eigenvalue weighted by Crippen LogP contribution is 2.53. The number of aliphatic imine (C=N–C) groups is 1. The molecule has 4 heteroatoms. The molecule has 7 rings (SSSR count). The molecule has 0 spiro atoms. The van der Waals surface area contributed by atoms with Crippen LogP contribution < -0.4 is 11.1 Å². The quantitative estimate of drug-likeness (QED) is 0.243. The number of hydrogen-bond acceptors (Lipinski definition) is 3. The average molecular weight is 525 g/mol. The van der Waals surface area contributed by atoms with Gasteiger partial charge >= 0.3 is 0 Å². The van der Waals surface area contributed by atoms with Crippen molar-refractivity contribution in [3.8, 4) is 0 Å². The summed E-state index contributed by atoms with van der Waals surface area (Å²) in [5.74, 6) is 3.31. The van der Waals surface area contributed by atoms with Crippen LogP contribution in [0.25, 0.3) is 0 Å². The van der Waals surface area contributed by atoms with Gasteiger partial charge in [0.05, 0.1) is 11.7 Å². The van der Waals surface area contributed by atoms with Crippen LogP contribution in [0.3, 0.4) is 0 Å². The van der Waals surface area contributed by atoms with Crippen molar-refractivity contribution < 1.29 is 10.1 Å². The van der Waals surface area contributed by atoms with Gasteiger partial charge in [-0.1, -0.05) is 42.5 Å². The van der Waals surface area contributed by atoms with Crippen LogP contribution in [0.1, 0.15) is 83.5 Å². The van der Waals surface area contributed by atoms with Crippen molar-refractivity contribution in [1.29, 1.82) is 0 Å². The van der Waals surface area contributed by atoms with Crippen LogP contribution >= 0.6 is 0 Å². The van der Waals surface area contributed by atoms with Crippen molar-refractivity contribution in [2.75, 3.05) is 0 Å². The summed E-state index contributed by atoms with van der Waals surface area (Å²) in [6.45, 7) is 0. The van der Waals surface area contributed by atoms with Crippen LogP contribution in [0, 0.1) is 23.7 Å². The minimum absolute atomic E-state index is 0.0200. The first-order chi connectivity index (χ1) is 19.2. The predicted molar refractivity (Wildman–Crippen MR) is 159 cm³/mol. The highest BCUT2D eigenvalue weighted by atomic mass is 16.5. The molecule has 0 radical (unpaired) electrons. The Balaban J connectivity index is 1.10. The topological polar surface area (TPSA) is 64.2 Å². The number of allylic oxidation sites excluding steroid dienone is 9. The Labute approximate surface area is 234 Å². The van der Waals surface area contributed by atoms with E-state index in [1.54, 1.807) is 16.7 Å². The summed E-state index contributed by atoms with van der Waals surface area (Å²) < 4.78 is 6.49. The zero-order valence-corrected chi connectivity index (χ0v) is 23.4. The van der Waals surface area contributed by atoms with Crippen LogP contribution in [0.5, 0.6) is 0 Å². The summed E-state index contributed by atoms with van der Waals surface area (Å²) in [5.41, 5.74) is 14.3. The SMILES string of the molecule is NC([NH2+]C(N=CC1=CC2CCC3=C(C2C=C1)C1C2=C(CCCC2)OC1C=C3)C1C=CCCC1)C1=CCCCC1. The molecule has 1 aliphatic heterocycles. The number of rotatable bonds is 6. The van der Waals surface area contributed by atoms with Gasteiger partial charge in [0.1, 0.15) is 6.10 Å². The molecule has 0 bridgehead atoms. The standard InChI is InChI=1S/C35H45N3O/c36-34(25-9-3-1-4-10-25)38-35(26-11-5-2-6-12-26)37-22-23-15-19-28-27(21-23)17-16-24-18-20-31-33(32(24)28)29-13-7-8-14-30(29)39-31/h5,9,11,15,18-22,26-28,31,33-35,38H,1-4,6-8,10,12-14,16-17,36H2/p+1. The first-order valence-corrected chi connectivity index (χ1v) is 15.9. The summed E-state index contributed by atoms with van der Waals surface area (Å²) >= 11 is 0. The molecular weight excluding hydrogens is 478 g/mol. The van der Waals surface area contributed by atoms with E-state index in [-0.39, 0.29) is 18.4 Å². The van der Waals surface area contributed by atoms with Crippen molar-refractivity contribution in [2.24, 2.45) is 34.4 Å². The molecular formula is C35H46N3O+. The van der Waals surface area contributed by atoms with E-state index in [0.29, 0.717) is 23.7 Å². The van der Waals surface area contributed by atoms with Crippen molar-refractivity contribution in [2.45, 2.75) is 102 Å². The summed E-state index contributed by atoms with van der Waals surface area (Å²) in [6, 6.07) is 0. The summed E-state index contributed by atoms with van der Waals surface area (Å²) in [4.78, 5) is 5.22. The predicted octanol–water partition coefficient (Wildman–Crippen LogP) is 6.32. The molecule has 7 atom stereocenters. The third-order valence-corrected chi connectivity index (χ3v) is 10.4. The molecule has 0 amide bonds. The smallest absolute Gasteiger partial charge is 0.187 e. The second-order valence-electron chi connectivity index (χ2n) is 12.8. The van der Waals surface area contributed by atoms with Crippen molar-refractivity contribution >= 4 is 6.21 Å². The molecule has 4 N–H and O–H groups in total. The molecule has 1 heterocycles. The number of nitrogens with zero attached hydrogens (tertiary/aromatic N) is 1. The molecule has 6 aliphatic carbocycles. The lowest BCUT2D eigenvalue weighted by Gasteiger charge is -2.40. The van der Waals surface area contributed by atoms with Gasteiger partial charge in [-0.05, 0) is 117 Å². The fraction of sp³-hybridized carbons (Fsp3) is 0.571. The third-order valence-electron chi connectivity index (χ3n) is 10.4. The van der Waals surface area contributed by atoms with Crippen molar-refractivity contribution in [1.82, 2.24) is 0 Å². The Morgan fingerprint density at radius 2 is 1.87 bits per heavy atom. The van der Waals surface area contributed by atoms with Gasteiger partial charge < -0.3 is 10.1 Å². The highest BCUT2D eigenvalue weighted by Gasteiger charge is 2.45. The average Bonchev–Trinajstić information content (AvgIpc) is 3.38. The molecule has 0 saturated carbocycles. The molecule has 7 aliphatic rings. The monoisotopic (exact) mass is 524 g/mol. The normalized spacial score (nSPS) is 35.1. The molecule has 0 aromatic carbocycles. The van der Waals surface area contributed by atoms with Gasteiger partial charge in [-0.3, -0.25) is 5.73 Å².